The van der Waals surface area contributed by atoms with E-state index in [1.807, 2.05) is 53.1 Å². The Labute approximate surface area is 196 Å². The second kappa shape index (κ2) is 9.64. The summed E-state index contributed by atoms with van der Waals surface area (Å²) in [6, 6.07) is 17.1. The number of thioether (sulfide) groups is 1. The molecular weight excluding hydrogens is 468 g/mol. The molecule has 10 heteroatoms. The summed E-state index contributed by atoms with van der Waals surface area (Å²) < 4.78 is 25.5. The van der Waals surface area contributed by atoms with Gasteiger partial charge < -0.3 is 4.90 Å². The number of hydrogen-bond acceptors (Lipinski definition) is 6. The number of amides is 1. The molecule has 1 fully saturated rings. The molecule has 0 spiro atoms. The Kier molecular flexibility index (Phi) is 6.88. The van der Waals surface area contributed by atoms with Gasteiger partial charge in [0, 0.05) is 18.7 Å². The molecule has 0 radical (unpaired) electrons. The third-order valence-corrected chi connectivity index (χ3v) is 8.52. The van der Waals surface area contributed by atoms with Crippen LogP contribution < -0.4 is 0 Å². The molecule has 1 atom stereocenters. The maximum Gasteiger partial charge on any atom is 0.233 e. The number of nitrogens with zero attached hydrogens (tertiary/aromatic N) is 4. The fraction of sp³-hybridized carbons (Fsp3) is 0.318. The van der Waals surface area contributed by atoms with Gasteiger partial charge in [-0.1, -0.05) is 65.8 Å². The number of benzene rings is 2. The van der Waals surface area contributed by atoms with E-state index >= 15 is 0 Å². The average Bonchev–Trinajstić information content (AvgIpc) is 3.35. The third kappa shape index (κ3) is 5.16. The molecule has 1 aliphatic rings. The SMILES string of the molecule is CN(C(=O)CSc1nnc(-c2ccccc2Cl)n1Cc1ccccc1)[C@H]1CCS(=O)(=O)C1. The van der Waals surface area contributed by atoms with Crippen LogP contribution in [-0.2, 0) is 21.2 Å². The molecule has 7 nitrogen and oxygen atoms in total. The molecule has 1 aliphatic heterocycles. The predicted molar refractivity (Wildman–Crippen MR) is 127 cm³/mol. The number of aromatic nitrogens is 3. The second-order valence-electron chi connectivity index (χ2n) is 7.71. The topological polar surface area (TPSA) is 85.2 Å². The average molecular weight is 491 g/mol. The van der Waals surface area contributed by atoms with Crippen molar-refractivity contribution in [1.29, 1.82) is 0 Å². The maximum atomic E-state index is 12.7. The molecule has 32 heavy (non-hydrogen) atoms. The highest BCUT2D eigenvalue weighted by Crippen LogP contribution is 2.30. The summed E-state index contributed by atoms with van der Waals surface area (Å²) in [6.45, 7) is 0.529. The Hall–Kier alpha value is -2.36. The fourth-order valence-corrected chi connectivity index (χ4v) is 6.51. The molecule has 1 aromatic heterocycles. The Morgan fingerprint density at radius 3 is 2.56 bits per heavy atom. The minimum atomic E-state index is -3.05. The second-order valence-corrected chi connectivity index (χ2v) is 11.3. The van der Waals surface area contributed by atoms with Gasteiger partial charge in [0.2, 0.25) is 5.91 Å². The van der Waals surface area contributed by atoms with Crippen molar-refractivity contribution in [1.82, 2.24) is 19.7 Å². The first kappa shape index (κ1) is 22.8. The van der Waals surface area contributed by atoms with Gasteiger partial charge in [-0.25, -0.2) is 8.42 Å². The van der Waals surface area contributed by atoms with Crippen molar-refractivity contribution < 1.29 is 13.2 Å². The van der Waals surface area contributed by atoms with Gasteiger partial charge in [-0.3, -0.25) is 9.36 Å². The number of rotatable bonds is 7. The summed E-state index contributed by atoms with van der Waals surface area (Å²) in [7, 11) is -1.39. The molecular formula is C22H23ClN4O3S2. The van der Waals surface area contributed by atoms with Crippen LogP contribution in [0.4, 0.5) is 0 Å². The predicted octanol–water partition coefficient (Wildman–Crippen LogP) is 3.38. The first-order valence-electron chi connectivity index (χ1n) is 10.1. The van der Waals surface area contributed by atoms with Crippen LogP contribution in [0.1, 0.15) is 12.0 Å². The minimum Gasteiger partial charge on any atom is -0.341 e. The van der Waals surface area contributed by atoms with Crippen molar-refractivity contribution in [3.8, 4) is 11.4 Å². The van der Waals surface area contributed by atoms with Gasteiger partial charge in [-0.15, -0.1) is 10.2 Å². The summed E-state index contributed by atoms with van der Waals surface area (Å²) in [6.07, 6.45) is 0.482. The van der Waals surface area contributed by atoms with E-state index in [-0.39, 0.29) is 29.2 Å². The van der Waals surface area contributed by atoms with Crippen molar-refractivity contribution in [3.63, 3.8) is 0 Å². The van der Waals surface area contributed by atoms with Crippen molar-refractivity contribution >= 4 is 39.1 Å². The molecule has 0 unspecified atom stereocenters. The van der Waals surface area contributed by atoms with Crippen molar-refractivity contribution in [3.05, 3.63) is 65.2 Å². The number of carbonyl (C=O) groups excluding carboxylic acids is 1. The summed E-state index contributed by atoms with van der Waals surface area (Å²) in [5, 5.41) is 9.87. The van der Waals surface area contributed by atoms with E-state index < -0.39 is 9.84 Å². The summed E-state index contributed by atoms with van der Waals surface area (Å²) >= 11 is 7.70. The molecule has 0 N–H and O–H groups in total. The van der Waals surface area contributed by atoms with Gasteiger partial charge >= 0.3 is 0 Å². The highest BCUT2D eigenvalue weighted by molar-refractivity contribution is 7.99. The van der Waals surface area contributed by atoms with Crippen LogP contribution >= 0.6 is 23.4 Å². The molecule has 0 bridgehead atoms. The summed E-state index contributed by atoms with van der Waals surface area (Å²) in [5.74, 6) is 0.799. The van der Waals surface area contributed by atoms with Crippen molar-refractivity contribution in [2.75, 3.05) is 24.3 Å². The van der Waals surface area contributed by atoms with Crippen LogP contribution in [0, 0.1) is 0 Å². The van der Waals surface area contributed by atoms with Gasteiger partial charge in [-0.05, 0) is 24.1 Å². The van der Waals surface area contributed by atoms with E-state index in [9.17, 15) is 13.2 Å². The summed E-state index contributed by atoms with van der Waals surface area (Å²) in [5.41, 5.74) is 1.84. The Morgan fingerprint density at radius 1 is 1.16 bits per heavy atom. The Morgan fingerprint density at radius 2 is 1.88 bits per heavy atom. The van der Waals surface area contributed by atoms with Gasteiger partial charge in [0.25, 0.3) is 0 Å². The van der Waals surface area contributed by atoms with Crippen LogP contribution in [0.5, 0.6) is 0 Å². The fourth-order valence-electron chi connectivity index (χ4n) is 3.66. The van der Waals surface area contributed by atoms with Crippen LogP contribution in [0.15, 0.2) is 59.8 Å². The number of halogens is 1. The van der Waals surface area contributed by atoms with E-state index in [1.165, 1.54) is 11.8 Å². The van der Waals surface area contributed by atoms with E-state index in [2.05, 4.69) is 10.2 Å². The van der Waals surface area contributed by atoms with Crippen LogP contribution in [0.3, 0.4) is 0 Å². The van der Waals surface area contributed by atoms with Crippen LogP contribution in [-0.4, -0.2) is 64.3 Å². The normalized spacial score (nSPS) is 17.4. The molecule has 2 aromatic carbocycles. The Bertz CT molecular complexity index is 1210. The van der Waals surface area contributed by atoms with Crippen LogP contribution in [0.25, 0.3) is 11.4 Å². The van der Waals surface area contributed by atoms with E-state index in [4.69, 9.17) is 11.6 Å². The number of sulfone groups is 1. The minimum absolute atomic E-state index is 0.0285. The Balaban J connectivity index is 1.55. The standard InChI is InChI=1S/C22H23ClN4O3S2/c1-26(17-11-12-32(29,30)15-17)20(28)14-31-22-25-24-21(18-9-5-6-10-19(18)23)27(22)13-16-7-3-2-4-8-16/h2-10,17H,11-15H2,1H3/t17-/m0/s1. The zero-order valence-corrected chi connectivity index (χ0v) is 19.9. The van der Waals surface area contributed by atoms with Gasteiger partial charge in [0.15, 0.2) is 20.8 Å². The number of hydrogen-bond donors (Lipinski definition) is 0. The number of carbonyl (C=O) groups is 1. The molecule has 0 aliphatic carbocycles. The quantitative estimate of drug-likeness (QED) is 0.472. The molecule has 3 aromatic rings. The lowest BCUT2D eigenvalue weighted by molar-refractivity contribution is -0.128. The van der Waals surface area contributed by atoms with Gasteiger partial charge in [-0.2, -0.15) is 0 Å². The largest absolute Gasteiger partial charge is 0.341 e. The summed E-state index contributed by atoms with van der Waals surface area (Å²) in [4.78, 5) is 14.3. The molecule has 4 rings (SSSR count). The zero-order valence-electron chi connectivity index (χ0n) is 17.5. The van der Waals surface area contributed by atoms with E-state index in [0.717, 1.165) is 11.1 Å². The molecule has 2 heterocycles. The molecule has 0 saturated carbocycles. The zero-order chi connectivity index (χ0) is 22.7. The van der Waals surface area contributed by atoms with Gasteiger partial charge in [0.1, 0.15) is 0 Å². The highest BCUT2D eigenvalue weighted by atomic mass is 35.5. The highest BCUT2D eigenvalue weighted by Gasteiger charge is 2.32. The molecule has 1 saturated heterocycles. The van der Waals surface area contributed by atoms with Gasteiger partial charge in [0.05, 0.1) is 28.8 Å². The van der Waals surface area contributed by atoms with Crippen molar-refractivity contribution in [2.24, 2.45) is 0 Å². The molecule has 1 amide bonds. The van der Waals surface area contributed by atoms with Crippen LogP contribution in [0.2, 0.25) is 5.02 Å². The maximum absolute atomic E-state index is 12.7. The monoisotopic (exact) mass is 490 g/mol. The lowest BCUT2D eigenvalue weighted by atomic mass is 10.2. The smallest absolute Gasteiger partial charge is 0.233 e. The lowest BCUT2D eigenvalue weighted by Gasteiger charge is -2.23. The first-order valence-corrected chi connectivity index (χ1v) is 13.3. The first-order chi connectivity index (χ1) is 15.3. The third-order valence-electron chi connectivity index (χ3n) is 5.49. The van der Waals surface area contributed by atoms with E-state index in [0.29, 0.717) is 29.0 Å². The van der Waals surface area contributed by atoms with Crippen molar-refractivity contribution in [2.45, 2.75) is 24.2 Å². The lowest BCUT2D eigenvalue weighted by Crippen LogP contribution is -2.38. The molecule has 168 valence electrons. The van der Waals surface area contributed by atoms with E-state index in [1.54, 1.807) is 18.0 Å².